The minimum atomic E-state index is -0.136. The van der Waals surface area contributed by atoms with Crippen LogP contribution in [0.15, 0.2) is 18.3 Å². The molecule has 1 aliphatic rings. The van der Waals surface area contributed by atoms with E-state index in [4.69, 9.17) is 0 Å². The number of carbonyl (C=O) groups excluding carboxylic acids is 1. The summed E-state index contributed by atoms with van der Waals surface area (Å²) in [6.45, 7) is 9.58. The number of aryl methyl sites for hydroxylation is 1. The molecule has 0 aliphatic carbocycles. The zero-order valence-corrected chi connectivity index (χ0v) is 16.9. The number of hydrogen-bond donors (Lipinski definition) is 2. The van der Waals surface area contributed by atoms with Crippen LogP contribution >= 0.6 is 0 Å². The molecular formula is C19H28N8O. The molecule has 9 nitrogen and oxygen atoms in total. The van der Waals surface area contributed by atoms with Gasteiger partial charge >= 0.3 is 0 Å². The lowest BCUT2D eigenvalue weighted by Gasteiger charge is -2.32. The zero-order valence-electron chi connectivity index (χ0n) is 16.9. The Morgan fingerprint density at radius 2 is 1.93 bits per heavy atom. The van der Waals surface area contributed by atoms with Gasteiger partial charge in [-0.25, -0.2) is 4.98 Å². The topological polar surface area (TPSA) is 99.2 Å². The fourth-order valence-corrected chi connectivity index (χ4v) is 2.87. The normalized spacial score (nSPS) is 15.0. The highest BCUT2D eigenvalue weighted by molar-refractivity contribution is 5.95. The molecule has 0 atom stereocenters. The van der Waals surface area contributed by atoms with Crippen molar-refractivity contribution in [1.29, 1.82) is 0 Å². The van der Waals surface area contributed by atoms with Crippen LogP contribution in [0.25, 0.3) is 0 Å². The summed E-state index contributed by atoms with van der Waals surface area (Å²) in [7, 11) is 2.11. The summed E-state index contributed by atoms with van der Waals surface area (Å²) >= 11 is 0. The molecule has 1 amide bonds. The number of hydrogen-bond acceptors (Lipinski definition) is 8. The molecule has 3 heterocycles. The van der Waals surface area contributed by atoms with Crippen LogP contribution in [0.3, 0.4) is 0 Å². The van der Waals surface area contributed by atoms with Crippen molar-refractivity contribution >= 4 is 23.6 Å². The number of pyridine rings is 1. The fraction of sp³-hybridized carbons (Fsp3) is 0.526. The van der Waals surface area contributed by atoms with Gasteiger partial charge in [-0.05, 0) is 33.0 Å². The van der Waals surface area contributed by atoms with Gasteiger partial charge in [-0.3, -0.25) is 4.79 Å². The highest BCUT2D eigenvalue weighted by atomic mass is 16.1. The largest absolute Gasteiger partial charge is 0.350 e. The summed E-state index contributed by atoms with van der Waals surface area (Å²) in [6, 6.07) is 3.45. The van der Waals surface area contributed by atoms with Crippen LogP contribution in [0.2, 0.25) is 0 Å². The van der Waals surface area contributed by atoms with Crippen molar-refractivity contribution in [3.63, 3.8) is 0 Å². The zero-order chi connectivity index (χ0) is 20.1. The summed E-state index contributed by atoms with van der Waals surface area (Å²) in [5.74, 6) is 2.23. The second kappa shape index (κ2) is 8.92. The van der Waals surface area contributed by atoms with E-state index in [0.717, 1.165) is 32.0 Å². The van der Waals surface area contributed by atoms with Gasteiger partial charge in [0.25, 0.3) is 5.91 Å². The Morgan fingerprint density at radius 3 is 2.61 bits per heavy atom. The lowest BCUT2D eigenvalue weighted by Crippen LogP contribution is -2.45. The van der Waals surface area contributed by atoms with E-state index in [2.05, 4.69) is 47.4 Å². The molecule has 2 aromatic rings. The molecule has 3 rings (SSSR count). The fourth-order valence-electron chi connectivity index (χ4n) is 2.87. The van der Waals surface area contributed by atoms with Crippen molar-refractivity contribution in [2.24, 2.45) is 0 Å². The Bertz CT molecular complexity index is 817. The van der Waals surface area contributed by atoms with E-state index < -0.39 is 0 Å². The first kappa shape index (κ1) is 19.9. The molecule has 0 spiro atoms. The maximum Gasteiger partial charge on any atom is 0.251 e. The van der Waals surface area contributed by atoms with Crippen LogP contribution < -0.4 is 15.5 Å². The van der Waals surface area contributed by atoms with E-state index >= 15 is 0 Å². The van der Waals surface area contributed by atoms with Crippen molar-refractivity contribution in [2.75, 3.05) is 43.4 Å². The number of amides is 1. The van der Waals surface area contributed by atoms with Crippen LogP contribution in [0.5, 0.6) is 0 Å². The van der Waals surface area contributed by atoms with Gasteiger partial charge in [-0.1, -0.05) is 6.92 Å². The van der Waals surface area contributed by atoms with Crippen LogP contribution in [0, 0.1) is 0 Å². The van der Waals surface area contributed by atoms with Gasteiger partial charge in [0, 0.05) is 50.4 Å². The number of nitrogens with zero attached hydrogens (tertiary/aromatic N) is 6. The summed E-state index contributed by atoms with van der Waals surface area (Å²) in [4.78, 5) is 34.6. The number of nitrogens with one attached hydrogen (secondary N) is 2. The molecule has 150 valence electrons. The highest BCUT2D eigenvalue weighted by Gasteiger charge is 2.18. The monoisotopic (exact) mass is 384 g/mol. The lowest BCUT2D eigenvalue weighted by molar-refractivity contribution is 0.0943. The van der Waals surface area contributed by atoms with E-state index in [1.54, 1.807) is 18.3 Å². The first-order valence-corrected chi connectivity index (χ1v) is 9.67. The van der Waals surface area contributed by atoms with Gasteiger partial charge in [-0.15, -0.1) is 0 Å². The SMILES string of the molecule is CCc1nc(Nc2cc(C(=O)NC(C)C)ccn2)nc(N2CCN(C)CC2)n1. The van der Waals surface area contributed by atoms with Gasteiger partial charge < -0.3 is 20.4 Å². The van der Waals surface area contributed by atoms with Crippen molar-refractivity contribution < 1.29 is 4.79 Å². The van der Waals surface area contributed by atoms with Crippen molar-refractivity contribution in [3.05, 3.63) is 29.7 Å². The van der Waals surface area contributed by atoms with Crippen LogP contribution in [0.1, 0.15) is 37.0 Å². The molecule has 1 fully saturated rings. The van der Waals surface area contributed by atoms with Gasteiger partial charge in [-0.2, -0.15) is 15.0 Å². The molecule has 2 N–H and O–H groups in total. The molecule has 0 aromatic carbocycles. The predicted octanol–water partition coefficient (Wildman–Crippen LogP) is 1.46. The Kier molecular flexibility index (Phi) is 6.35. The molecule has 9 heteroatoms. The molecule has 0 saturated carbocycles. The molecule has 1 aliphatic heterocycles. The van der Waals surface area contributed by atoms with Crippen LogP contribution in [0.4, 0.5) is 17.7 Å². The Labute approximate surface area is 165 Å². The maximum absolute atomic E-state index is 12.2. The summed E-state index contributed by atoms with van der Waals surface area (Å²) in [5.41, 5.74) is 0.537. The van der Waals surface area contributed by atoms with Gasteiger partial charge in [0.2, 0.25) is 11.9 Å². The standard InChI is InChI=1S/C19H28N8O/c1-5-15-22-18(25-19(24-15)27-10-8-26(4)9-11-27)23-16-12-14(6-7-20-16)17(28)21-13(2)3/h6-7,12-13H,5,8-11H2,1-4H3,(H,21,28)(H,20,22,23,24,25). The number of rotatable bonds is 6. The smallest absolute Gasteiger partial charge is 0.251 e. The summed E-state index contributed by atoms with van der Waals surface area (Å²) in [5, 5.41) is 6.00. The average molecular weight is 384 g/mol. The minimum absolute atomic E-state index is 0.0684. The molecule has 1 saturated heterocycles. The van der Waals surface area contributed by atoms with Gasteiger partial charge in [0.05, 0.1) is 0 Å². The van der Waals surface area contributed by atoms with Crippen molar-refractivity contribution in [3.8, 4) is 0 Å². The van der Waals surface area contributed by atoms with E-state index in [9.17, 15) is 4.79 Å². The van der Waals surface area contributed by atoms with Crippen molar-refractivity contribution in [1.82, 2.24) is 30.2 Å². The summed E-state index contributed by atoms with van der Waals surface area (Å²) in [6.07, 6.45) is 2.31. The maximum atomic E-state index is 12.2. The molecule has 2 aromatic heterocycles. The molecule has 0 radical (unpaired) electrons. The third kappa shape index (κ3) is 5.13. The van der Waals surface area contributed by atoms with Gasteiger partial charge in [0.1, 0.15) is 11.6 Å². The first-order valence-electron chi connectivity index (χ1n) is 9.67. The third-order valence-corrected chi connectivity index (χ3v) is 4.45. The minimum Gasteiger partial charge on any atom is -0.350 e. The first-order chi connectivity index (χ1) is 13.4. The number of likely N-dealkylation sites (N-methyl/N-ethyl adjacent to an activating group) is 1. The second-order valence-corrected chi connectivity index (χ2v) is 7.20. The third-order valence-electron chi connectivity index (χ3n) is 4.45. The predicted molar refractivity (Wildman–Crippen MR) is 109 cm³/mol. The lowest BCUT2D eigenvalue weighted by atomic mass is 10.2. The van der Waals surface area contributed by atoms with Gasteiger partial charge in [0.15, 0.2) is 0 Å². The average Bonchev–Trinajstić information content (AvgIpc) is 2.68. The van der Waals surface area contributed by atoms with Crippen LogP contribution in [-0.4, -0.2) is 70.0 Å². The van der Waals surface area contributed by atoms with Crippen LogP contribution in [-0.2, 0) is 6.42 Å². The molecule has 0 unspecified atom stereocenters. The quantitative estimate of drug-likeness (QED) is 0.772. The van der Waals surface area contributed by atoms with Crippen molar-refractivity contribution in [2.45, 2.75) is 33.2 Å². The van der Waals surface area contributed by atoms with E-state index in [1.165, 1.54) is 0 Å². The Balaban J connectivity index is 1.80. The summed E-state index contributed by atoms with van der Waals surface area (Å²) < 4.78 is 0. The Morgan fingerprint density at radius 1 is 1.18 bits per heavy atom. The molecule has 28 heavy (non-hydrogen) atoms. The Hall–Kier alpha value is -2.81. The number of piperazine rings is 1. The van der Waals surface area contributed by atoms with E-state index in [0.29, 0.717) is 29.7 Å². The molecule has 0 bridgehead atoms. The van der Waals surface area contributed by atoms with E-state index in [-0.39, 0.29) is 11.9 Å². The highest BCUT2D eigenvalue weighted by Crippen LogP contribution is 2.17. The molecular weight excluding hydrogens is 356 g/mol. The number of aromatic nitrogens is 4. The second-order valence-electron chi connectivity index (χ2n) is 7.20. The number of anilines is 3. The number of carbonyl (C=O) groups is 1. The van der Waals surface area contributed by atoms with E-state index in [1.807, 2.05) is 20.8 Å².